The number of hydrogen-bond acceptors (Lipinski definition) is 4. The molecule has 1 heterocycles. The van der Waals surface area contributed by atoms with Crippen LogP contribution in [0.2, 0.25) is 0 Å². The van der Waals surface area contributed by atoms with Crippen molar-refractivity contribution in [1.82, 2.24) is 9.97 Å². The zero-order valence-corrected chi connectivity index (χ0v) is 9.29. The fraction of sp³-hybridized carbons (Fsp3) is 0.636. The Hall–Kier alpha value is -1.32. The van der Waals surface area contributed by atoms with Gasteiger partial charge in [-0.15, -0.1) is 0 Å². The number of anilines is 1. The molecule has 2 N–H and O–H groups in total. The summed E-state index contributed by atoms with van der Waals surface area (Å²) >= 11 is 0. The molecule has 15 heavy (non-hydrogen) atoms. The van der Waals surface area contributed by atoms with Gasteiger partial charge in [0.1, 0.15) is 11.6 Å². The number of rotatable bonds is 4. The Morgan fingerprint density at radius 3 is 2.73 bits per heavy atom. The molecule has 0 radical (unpaired) electrons. The molecule has 0 unspecified atom stereocenters. The predicted molar refractivity (Wildman–Crippen MR) is 58.9 cm³/mol. The van der Waals surface area contributed by atoms with Crippen molar-refractivity contribution in [1.29, 1.82) is 0 Å². The standard InChI is InChI=1S/C11H17N3O/c1-3-6-15-11-7(2)9(12)13-10(14-11)8-4-5-8/h8H,3-6H2,1-2H3,(H2,12,13,14). The Balaban J connectivity index is 2.25. The van der Waals surface area contributed by atoms with Gasteiger partial charge in [-0.1, -0.05) is 6.92 Å². The number of nitrogens with zero attached hydrogens (tertiary/aromatic N) is 2. The maximum atomic E-state index is 5.83. The lowest BCUT2D eigenvalue weighted by atomic mass is 10.3. The van der Waals surface area contributed by atoms with Crippen LogP contribution >= 0.6 is 0 Å². The first-order valence-electron chi connectivity index (χ1n) is 5.49. The van der Waals surface area contributed by atoms with Gasteiger partial charge >= 0.3 is 0 Å². The predicted octanol–water partition coefficient (Wildman–Crippen LogP) is 2.03. The van der Waals surface area contributed by atoms with Crippen molar-refractivity contribution < 1.29 is 4.74 Å². The maximum Gasteiger partial charge on any atom is 0.221 e. The molecule has 1 aliphatic carbocycles. The van der Waals surface area contributed by atoms with E-state index >= 15 is 0 Å². The molecule has 1 aromatic rings. The van der Waals surface area contributed by atoms with Gasteiger partial charge < -0.3 is 10.5 Å². The molecule has 0 atom stereocenters. The summed E-state index contributed by atoms with van der Waals surface area (Å²) in [7, 11) is 0. The second-order valence-corrected chi connectivity index (χ2v) is 4.02. The van der Waals surface area contributed by atoms with E-state index in [0.29, 0.717) is 24.2 Å². The van der Waals surface area contributed by atoms with E-state index in [1.165, 1.54) is 12.8 Å². The molecule has 0 bridgehead atoms. The Kier molecular flexibility index (Phi) is 2.75. The second-order valence-electron chi connectivity index (χ2n) is 4.02. The monoisotopic (exact) mass is 207 g/mol. The zero-order valence-electron chi connectivity index (χ0n) is 9.29. The van der Waals surface area contributed by atoms with E-state index in [-0.39, 0.29) is 0 Å². The van der Waals surface area contributed by atoms with Crippen molar-refractivity contribution in [3.05, 3.63) is 11.4 Å². The summed E-state index contributed by atoms with van der Waals surface area (Å²) in [5.74, 6) is 2.57. The van der Waals surface area contributed by atoms with Gasteiger partial charge in [0.15, 0.2) is 0 Å². The highest BCUT2D eigenvalue weighted by Crippen LogP contribution is 2.39. The number of nitrogen functional groups attached to an aromatic ring is 1. The van der Waals surface area contributed by atoms with Crippen LogP contribution in [-0.4, -0.2) is 16.6 Å². The van der Waals surface area contributed by atoms with Crippen molar-refractivity contribution in [2.75, 3.05) is 12.3 Å². The van der Waals surface area contributed by atoms with Gasteiger partial charge in [-0.25, -0.2) is 4.98 Å². The largest absolute Gasteiger partial charge is 0.477 e. The molecule has 4 heteroatoms. The van der Waals surface area contributed by atoms with Gasteiger partial charge in [-0.3, -0.25) is 0 Å². The van der Waals surface area contributed by atoms with Crippen molar-refractivity contribution >= 4 is 5.82 Å². The minimum atomic E-state index is 0.511. The minimum absolute atomic E-state index is 0.511. The average Bonchev–Trinajstić information content (AvgIpc) is 3.03. The van der Waals surface area contributed by atoms with Gasteiger partial charge in [-0.2, -0.15) is 4.98 Å². The molecule has 0 saturated heterocycles. The topological polar surface area (TPSA) is 61.0 Å². The smallest absolute Gasteiger partial charge is 0.221 e. The first-order chi connectivity index (χ1) is 7.22. The Morgan fingerprint density at radius 1 is 1.40 bits per heavy atom. The van der Waals surface area contributed by atoms with E-state index in [0.717, 1.165) is 17.8 Å². The van der Waals surface area contributed by atoms with E-state index in [9.17, 15) is 0 Å². The first-order valence-corrected chi connectivity index (χ1v) is 5.49. The number of nitrogens with two attached hydrogens (primary N) is 1. The summed E-state index contributed by atoms with van der Waals surface area (Å²) in [5.41, 5.74) is 6.68. The van der Waals surface area contributed by atoms with Crippen LogP contribution in [0.4, 0.5) is 5.82 Å². The average molecular weight is 207 g/mol. The quantitative estimate of drug-likeness (QED) is 0.820. The lowest BCUT2D eigenvalue weighted by Gasteiger charge is -2.10. The SMILES string of the molecule is CCCOc1nc(C2CC2)nc(N)c1C. The molecular weight excluding hydrogens is 190 g/mol. The summed E-state index contributed by atoms with van der Waals surface area (Å²) < 4.78 is 5.55. The van der Waals surface area contributed by atoms with E-state index < -0.39 is 0 Å². The number of ether oxygens (including phenoxy) is 1. The minimum Gasteiger partial charge on any atom is -0.477 e. The summed E-state index contributed by atoms with van der Waals surface area (Å²) in [6.45, 7) is 4.65. The molecule has 4 nitrogen and oxygen atoms in total. The molecule has 1 saturated carbocycles. The summed E-state index contributed by atoms with van der Waals surface area (Å²) in [6.07, 6.45) is 3.33. The van der Waals surface area contributed by atoms with Crippen LogP contribution in [0.25, 0.3) is 0 Å². The van der Waals surface area contributed by atoms with Crippen LogP contribution in [-0.2, 0) is 0 Å². The van der Waals surface area contributed by atoms with Gasteiger partial charge in [0, 0.05) is 5.92 Å². The number of aromatic nitrogens is 2. The molecule has 1 fully saturated rings. The lowest BCUT2D eigenvalue weighted by Crippen LogP contribution is -2.07. The molecule has 1 aromatic heterocycles. The molecule has 1 aliphatic rings. The third kappa shape index (κ3) is 2.19. The van der Waals surface area contributed by atoms with Gasteiger partial charge in [0.25, 0.3) is 0 Å². The van der Waals surface area contributed by atoms with Gasteiger partial charge in [0.2, 0.25) is 5.88 Å². The van der Waals surface area contributed by atoms with Crippen molar-refractivity contribution in [2.24, 2.45) is 0 Å². The van der Waals surface area contributed by atoms with E-state index in [4.69, 9.17) is 10.5 Å². The van der Waals surface area contributed by atoms with E-state index in [2.05, 4.69) is 16.9 Å². The normalized spacial score (nSPS) is 15.3. The van der Waals surface area contributed by atoms with Crippen molar-refractivity contribution in [2.45, 2.75) is 39.0 Å². The van der Waals surface area contributed by atoms with Crippen LogP contribution in [0.15, 0.2) is 0 Å². The van der Waals surface area contributed by atoms with E-state index in [1.54, 1.807) is 0 Å². The highest BCUT2D eigenvalue weighted by molar-refractivity contribution is 5.45. The highest BCUT2D eigenvalue weighted by atomic mass is 16.5. The van der Waals surface area contributed by atoms with Gasteiger partial charge in [0.05, 0.1) is 12.2 Å². The lowest BCUT2D eigenvalue weighted by molar-refractivity contribution is 0.301. The third-order valence-electron chi connectivity index (χ3n) is 2.54. The summed E-state index contributed by atoms with van der Waals surface area (Å²) in [4.78, 5) is 8.71. The molecule has 2 rings (SSSR count). The fourth-order valence-electron chi connectivity index (χ4n) is 1.39. The van der Waals surface area contributed by atoms with Gasteiger partial charge in [-0.05, 0) is 26.2 Å². The first kappa shape index (κ1) is 10.2. The van der Waals surface area contributed by atoms with Crippen LogP contribution in [0, 0.1) is 6.92 Å². The molecular formula is C11H17N3O. The molecule has 0 spiro atoms. The molecule has 82 valence electrons. The van der Waals surface area contributed by atoms with Crippen LogP contribution in [0.1, 0.15) is 43.5 Å². The Morgan fingerprint density at radius 2 is 2.13 bits per heavy atom. The van der Waals surface area contributed by atoms with E-state index in [1.807, 2.05) is 6.92 Å². The summed E-state index contributed by atoms with van der Waals surface area (Å²) in [6, 6.07) is 0. The highest BCUT2D eigenvalue weighted by Gasteiger charge is 2.28. The Bertz CT molecular complexity index is 361. The van der Waals surface area contributed by atoms with Crippen LogP contribution < -0.4 is 10.5 Å². The third-order valence-corrected chi connectivity index (χ3v) is 2.54. The Labute approximate surface area is 89.9 Å². The second kappa shape index (κ2) is 4.04. The van der Waals surface area contributed by atoms with Crippen LogP contribution in [0.3, 0.4) is 0 Å². The molecule has 0 aliphatic heterocycles. The molecule has 0 aromatic carbocycles. The van der Waals surface area contributed by atoms with Crippen LogP contribution in [0.5, 0.6) is 5.88 Å². The zero-order chi connectivity index (χ0) is 10.8. The maximum absolute atomic E-state index is 5.83. The summed E-state index contributed by atoms with van der Waals surface area (Å²) in [5, 5.41) is 0. The van der Waals surface area contributed by atoms with Crippen molar-refractivity contribution in [3.8, 4) is 5.88 Å². The molecule has 0 amide bonds. The number of hydrogen-bond donors (Lipinski definition) is 1. The fourth-order valence-corrected chi connectivity index (χ4v) is 1.39. The van der Waals surface area contributed by atoms with Crippen molar-refractivity contribution in [3.63, 3.8) is 0 Å².